The highest BCUT2D eigenvalue weighted by Gasteiger charge is 2.12. The number of nitrogens with one attached hydrogen (secondary N) is 1. The molecule has 0 heterocycles. The lowest BCUT2D eigenvalue weighted by molar-refractivity contribution is 0.0273. The predicted octanol–water partition coefficient (Wildman–Crippen LogP) is 3.53. The number of benzene rings is 1. The van der Waals surface area contributed by atoms with Gasteiger partial charge in [-0.05, 0) is 38.3 Å². The molecule has 112 valence electrons. The highest BCUT2D eigenvalue weighted by atomic mass is 16.5. The Morgan fingerprint density at radius 2 is 2.05 bits per heavy atom. The van der Waals surface area contributed by atoms with Crippen LogP contribution in [0.1, 0.15) is 49.7 Å². The van der Waals surface area contributed by atoms with Gasteiger partial charge in [0.25, 0.3) is 0 Å². The van der Waals surface area contributed by atoms with Crippen LogP contribution in [-0.4, -0.2) is 24.4 Å². The molecule has 1 aliphatic rings. The van der Waals surface area contributed by atoms with Gasteiger partial charge in [0.1, 0.15) is 5.75 Å². The quantitative estimate of drug-likeness (QED) is 0.749. The average Bonchev–Trinajstić information content (AvgIpc) is 2.48. The third-order valence-corrected chi connectivity index (χ3v) is 4.04. The zero-order valence-corrected chi connectivity index (χ0v) is 12.5. The molecule has 2 rings (SSSR count). The van der Waals surface area contributed by atoms with Gasteiger partial charge in [-0.2, -0.15) is 0 Å². The minimum Gasteiger partial charge on any atom is -0.507 e. The van der Waals surface area contributed by atoms with Gasteiger partial charge in [0.05, 0.1) is 6.10 Å². The summed E-state index contributed by atoms with van der Waals surface area (Å²) in [5, 5.41) is 13.3. The first-order valence-electron chi connectivity index (χ1n) is 7.87. The van der Waals surface area contributed by atoms with Gasteiger partial charge < -0.3 is 15.2 Å². The Labute approximate surface area is 122 Å². The summed E-state index contributed by atoms with van der Waals surface area (Å²) < 4.78 is 5.89. The van der Waals surface area contributed by atoms with Crippen LogP contribution in [0.5, 0.6) is 5.75 Å². The van der Waals surface area contributed by atoms with Crippen molar-refractivity contribution in [2.24, 2.45) is 0 Å². The molecule has 0 radical (unpaired) electrons. The molecule has 0 spiro atoms. The highest BCUT2D eigenvalue weighted by Crippen LogP contribution is 2.21. The number of para-hydroxylation sites is 1. The summed E-state index contributed by atoms with van der Waals surface area (Å²) in [6.07, 6.45) is 8.05. The predicted molar refractivity (Wildman–Crippen MR) is 82.0 cm³/mol. The Hall–Kier alpha value is -1.06. The smallest absolute Gasteiger partial charge is 0.122 e. The number of hydrogen-bond donors (Lipinski definition) is 2. The van der Waals surface area contributed by atoms with Gasteiger partial charge in [-0.1, -0.05) is 37.5 Å². The summed E-state index contributed by atoms with van der Waals surface area (Å²) in [6.45, 7) is 4.42. The normalized spacial score (nSPS) is 16.4. The molecule has 1 aromatic carbocycles. The lowest BCUT2D eigenvalue weighted by atomic mass is 9.98. The van der Waals surface area contributed by atoms with Crippen molar-refractivity contribution in [1.29, 1.82) is 0 Å². The van der Waals surface area contributed by atoms with E-state index in [-0.39, 0.29) is 0 Å². The fourth-order valence-electron chi connectivity index (χ4n) is 2.76. The van der Waals surface area contributed by atoms with E-state index in [1.165, 1.54) is 32.1 Å². The molecule has 3 heteroatoms. The molecule has 0 saturated heterocycles. The molecule has 1 saturated carbocycles. The number of phenolic OH excluding ortho intramolecular Hbond substituents is 1. The van der Waals surface area contributed by atoms with Gasteiger partial charge >= 0.3 is 0 Å². The molecular weight excluding hydrogens is 250 g/mol. The summed E-state index contributed by atoms with van der Waals surface area (Å²) in [5.41, 5.74) is 1.91. The zero-order chi connectivity index (χ0) is 14.2. The van der Waals surface area contributed by atoms with Crippen molar-refractivity contribution < 1.29 is 9.84 Å². The van der Waals surface area contributed by atoms with Crippen LogP contribution in [0.15, 0.2) is 18.2 Å². The standard InChI is InChI=1S/C17H27NO2/c1-14-7-5-8-15(17(14)19)13-18-11-6-12-20-16-9-3-2-4-10-16/h5,7-8,16,18-19H,2-4,6,9-13H2,1H3. The minimum absolute atomic E-state index is 0.415. The highest BCUT2D eigenvalue weighted by molar-refractivity contribution is 5.39. The molecule has 0 aromatic heterocycles. The van der Waals surface area contributed by atoms with Gasteiger partial charge in [-0.25, -0.2) is 0 Å². The van der Waals surface area contributed by atoms with Crippen molar-refractivity contribution >= 4 is 0 Å². The first-order chi connectivity index (χ1) is 9.77. The molecule has 0 unspecified atom stereocenters. The average molecular weight is 277 g/mol. The maximum Gasteiger partial charge on any atom is 0.122 e. The first-order valence-corrected chi connectivity index (χ1v) is 7.87. The van der Waals surface area contributed by atoms with E-state index in [1.807, 2.05) is 25.1 Å². The Kier molecular flexibility index (Phi) is 6.34. The van der Waals surface area contributed by atoms with Crippen molar-refractivity contribution in [2.75, 3.05) is 13.2 Å². The van der Waals surface area contributed by atoms with E-state index >= 15 is 0 Å². The molecule has 0 atom stereocenters. The van der Waals surface area contributed by atoms with Crippen LogP contribution in [0.3, 0.4) is 0 Å². The molecule has 3 nitrogen and oxygen atoms in total. The van der Waals surface area contributed by atoms with Crippen molar-refractivity contribution in [2.45, 2.75) is 58.1 Å². The van der Waals surface area contributed by atoms with Crippen molar-refractivity contribution in [3.63, 3.8) is 0 Å². The summed E-state index contributed by atoms with van der Waals surface area (Å²) >= 11 is 0. The molecule has 0 amide bonds. The molecular formula is C17H27NO2. The number of aromatic hydroxyl groups is 1. The Morgan fingerprint density at radius 3 is 2.85 bits per heavy atom. The van der Waals surface area contributed by atoms with E-state index in [0.717, 1.165) is 37.2 Å². The zero-order valence-electron chi connectivity index (χ0n) is 12.5. The van der Waals surface area contributed by atoms with Gasteiger partial charge in [0, 0.05) is 18.7 Å². The molecule has 20 heavy (non-hydrogen) atoms. The second-order valence-corrected chi connectivity index (χ2v) is 5.74. The van der Waals surface area contributed by atoms with Crippen LogP contribution in [0.2, 0.25) is 0 Å². The van der Waals surface area contributed by atoms with E-state index in [9.17, 15) is 5.11 Å². The summed E-state index contributed by atoms with van der Waals surface area (Å²) in [4.78, 5) is 0. The van der Waals surface area contributed by atoms with Crippen LogP contribution >= 0.6 is 0 Å². The largest absolute Gasteiger partial charge is 0.507 e. The Bertz CT molecular complexity index is 400. The van der Waals surface area contributed by atoms with Crippen LogP contribution in [0.25, 0.3) is 0 Å². The minimum atomic E-state index is 0.415. The lowest BCUT2D eigenvalue weighted by Crippen LogP contribution is -2.20. The monoisotopic (exact) mass is 277 g/mol. The molecule has 1 aliphatic carbocycles. The van der Waals surface area contributed by atoms with Crippen molar-refractivity contribution in [3.8, 4) is 5.75 Å². The molecule has 1 aromatic rings. The number of aryl methyl sites for hydroxylation is 1. The second-order valence-electron chi connectivity index (χ2n) is 5.74. The number of ether oxygens (including phenoxy) is 1. The second kappa shape index (κ2) is 8.28. The van der Waals surface area contributed by atoms with Crippen molar-refractivity contribution in [1.82, 2.24) is 5.32 Å². The van der Waals surface area contributed by atoms with E-state index in [2.05, 4.69) is 5.32 Å². The molecule has 0 aliphatic heterocycles. The van der Waals surface area contributed by atoms with Crippen LogP contribution < -0.4 is 5.32 Å². The van der Waals surface area contributed by atoms with Gasteiger partial charge in [0.15, 0.2) is 0 Å². The third kappa shape index (κ3) is 4.80. The fourth-order valence-corrected chi connectivity index (χ4v) is 2.76. The van der Waals surface area contributed by atoms with E-state index < -0.39 is 0 Å². The van der Waals surface area contributed by atoms with E-state index in [1.54, 1.807) is 0 Å². The van der Waals surface area contributed by atoms with Gasteiger partial charge in [0.2, 0.25) is 0 Å². The maximum atomic E-state index is 9.91. The van der Waals surface area contributed by atoms with Crippen LogP contribution in [0.4, 0.5) is 0 Å². The Balaban J connectivity index is 1.56. The van der Waals surface area contributed by atoms with Gasteiger partial charge in [-0.15, -0.1) is 0 Å². The lowest BCUT2D eigenvalue weighted by Gasteiger charge is -2.21. The van der Waals surface area contributed by atoms with E-state index in [4.69, 9.17) is 4.74 Å². The molecule has 2 N–H and O–H groups in total. The molecule has 1 fully saturated rings. The number of rotatable bonds is 7. The maximum absolute atomic E-state index is 9.91. The SMILES string of the molecule is Cc1cccc(CNCCCOC2CCCCC2)c1O. The number of hydrogen-bond acceptors (Lipinski definition) is 3. The first kappa shape index (κ1) is 15.3. The van der Waals surface area contributed by atoms with Crippen LogP contribution in [-0.2, 0) is 11.3 Å². The summed E-state index contributed by atoms with van der Waals surface area (Å²) in [7, 11) is 0. The Morgan fingerprint density at radius 1 is 1.25 bits per heavy atom. The molecule has 0 bridgehead atoms. The topological polar surface area (TPSA) is 41.5 Å². The summed E-state index contributed by atoms with van der Waals surface area (Å²) in [5.74, 6) is 0.415. The summed E-state index contributed by atoms with van der Waals surface area (Å²) in [6, 6.07) is 5.88. The number of phenols is 1. The van der Waals surface area contributed by atoms with Gasteiger partial charge in [-0.3, -0.25) is 0 Å². The third-order valence-electron chi connectivity index (χ3n) is 4.04. The van der Waals surface area contributed by atoms with Crippen molar-refractivity contribution in [3.05, 3.63) is 29.3 Å². The fraction of sp³-hybridized carbons (Fsp3) is 0.647. The van der Waals surface area contributed by atoms with Crippen LogP contribution in [0, 0.1) is 6.92 Å². The van der Waals surface area contributed by atoms with E-state index in [0.29, 0.717) is 11.9 Å².